The number of hydrogen-bond donors (Lipinski definition) is 1. The molecule has 0 fully saturated rings. The second kappa shape index (κ2) is 9.78. The summed E-state index contributed by atoms with van der Waals surface area (Å²) in [4.78, 5) is 0. The number of rotatable bonds is 8. The van der Waals surface area contributed by atoms with Crippen molar-refractivity contribution in [3.8, 4) is 11.5 Å². The molecule has 28 heavy (non-hydrogen) atoms. The molecule has 0 amide bonds. The quantitative estimate of drug-likeness (QED) is 0.501. The molecule has 0 aliphatic heterocycles. The Kier molecular flexibility index (Phi) is 7.15. The highest BCUT2D eigenvalue weighted by Crippen LogP contribution is 2.37. The highest BCUT2D eigenvalue weighted by atomic mass is 35.5. The molecule has 5 heteroatoms. The zero-order valence-electron chi connectivity index (χ0n) is 16.0. The summed E-state index contributed by atoms with van der Waals surface area (Å²) in [5, 5.41) is 16.8. The molecule has 0 atom stereocenters. The minimum absolute atomic E-state index is 0.00741. The SMILES string of the molecule is CC/C(=C(/c1ccc([O-])cc1)c1ccc(OCCNC)cc1)c1csc(Cl)c1. The molecular formula is C23H23ClNO2S-. The van der Waals surface area contributed by atoms with Gasteiger partial charge in [-0.1, -0.05) is 54.9 Å². The summed E-state index contributed by atoms with van der Waals surface area (Å²) in [5.41, 5.74) is 5.53. The van der Waals surface area contributed by atoms with Gasteiger partial charge in [0.05, 0.1) is 4.34 Å². The van der Waals surface area contributed by atoms with Crippen molar-refractivity contribution in [3.05, 3.63) is 81.0 Å². The fourth-order valence-corrected chi connectivity index (χ4v) is 4.02. The minimum atomic E-state index is 0.00741. The number of hydrogen-bond acceptors (Lipinski definition) is 4. The molecule has 0 saturated carbocycles. The Balaban J connectivity index is 2.06. The number of benzene rings is 2. The molecule has 1 heterocycles. The van der Waals surface area contributed by atoms with Crippen LogP contribution in [0.1, 0.15) is 30.0 Å². The van der Waals surface area contributed by atoms with E-state index < -0.39 is 0 Å². The van der Waals surface area contributed by atoms with Crippen molar-refractivity contribution >= 4 is 34.1 Å². The predicted molar refractivity (Wildman–Crippen MR) is 117 cm³/mol. The molecule has 2 aromatic carbocycles. The van der Waals surface area contributed by atoms with Crippen LogP contribution in [-0.4, -0.2) is 20.2 Å². The molecule has 3 rings (SSSR count). The van der Waals surface area contributed by atoms with E-state index in [9.17, 15) is 5.11 Å². The normalized spacial score (nSPS) is 12.0. The molecule has 0 unspecified atom stereocenters. The number of likely N-dealkylation sites (N-methyl/N-ethyl adjacent to an activating group) is 1. The van der Waals surface area contributed by atoms with Crippen LogP contribution in [0.15, 0.2) is 60.0 Å². The fraction of sp³-hybridized carbons (Fsp3) is 0.217. The third kappa shape index (κ3) is 4.96. The van der Waals surface area contributed by atoms with Crippen molar-refractivity contribution < 1.29 is 9.84 Å². The Hall–Kier alpha value is -2.27. The maximum atomic E-state index is 11.6. The van der Waals surface area contributed by atoms with E-state index in [4.69, 9.17) is 16.3 Å². The molecule has 0 bridgehead atoms. The molecule has 3 nitrogen and oxygen atoms in total. The van der Waals surface area contributed by atoms with Gasteiger partial charge in [-0.25, -0.2) is 0 Å². The first-order valence-electron chi connectivity index (χ1n) is 9.25. The van der Waals surface area contributed by atoms with Gasteiger partial charge in [-0.05, 0) is 64.9 Å². The summed E-state index contributed by atoms with van der Waals surface area (Å²) in [5.74, 6) is 0.845. The summed E-state index contributed by atoms with van der Waals surface area (Å²) in [6.07, 6.45) is 0.849. The van der Waals surface area contributed by atoms with E-state index in [1.165, 1.54) is 16.9 Å². The number of allylic oxidation sites excluding steroid dienone is 1. The largest absolute Gasteiger partial charge is 0.872 e. The maximum absolute atomic E-state index is 11.6. The van der Waals surface area contributed by atoms with Gasteiger partial charge in [0.2, 0.25) is 0 Å². The summed E-state index contributed by atoms with van der Waals surface area (Å²) in [6, 6.07) is 17.1. The molecule has 0 spiro atoms. The lowest BCUT2D eigenvalue weighted by Gasteiger charge is -2.17. The summed E-state index contributed by atoms with van der Waals surface area (Å²) in [7, 11) is 1.90. The van der Waals surface area contributed by atoms with Gasteiger partial charge in [-0.2, -0.15) is 0 Å². The fourth-order valence-electron chi connectivity index (χ4n) is 3.12. The van der Waals surface area contributed by atoms with E-state index >= 15 is 0 Å². The van der Waals surface area contributed by atoms with Gasteiger partial charge in [0.1, 0.15) is 12.4 Å². The van der Waals surface area contributed by atoms with E-state index in [-0.39, 0.29) is 5.75 Å². The summed E-state index contributed by atoms with van der Waals surface area (Å²) < 4.78 is 6.51. The standard InChI is InChI=1S/C23H24ClNO2S/c1-3-21(18-14-22(24)28-15-18)23(16-4-8-19(26)9-5-16)17-6-10-20(11-7-17)27-13-12-25-2/h4-11,14-15,25-26H,3,12-13H2,1-2H3/p-1/b23-21+. The van der Waals surface area contributed by atoms with Crippen LogP contribution >= 0.6 is 22.9 Å². The second-order valence-electron chi connectivity index (χ2n) is 6.35. The van der Waals surface area contributed by atoms with Crippen LogP contribution < -0.4 is 15.2 Å². The Morgan fingerprint density at radius 2 is 1.68 bits per heavy atom. The van der Waals surface area contributed by atoms with Crippen LogP contribution in [0.2, 0.25) is 4.34 Å². The molecule has 1 aromatic heterocycles. The van der Waals surface area contributed by atoms with Crippen LogP contribution in [0.25, 0.3) is 11.1 Å². The smallest absolute Gasteiger partial charge is 0.119 e. The molecular weight excluding hydrogens is 390 g/mol. The van der Waals surface area contributed by atoms with Crippen molar-refractivity contribution in [2.45, 2.75) is 13.3 Å². The molecule has 0 radical (unpaired) electrons. The van der Waals surface area contributed by atoms with Crippen LogP contribution in [0, 0.1) is 0 Å². The van der Waals surface area contributed by atoms with Crippen molar-refractivity contribution in [1.82, 2.24) is 5.32 Å². The lowest BCUT2D eigenvalue weighted by molar-refractivity contribution is -0.268. The number of nitrogens with one attached hydrogen (secondary N) is 1. The lowest BCUT2D eigenvalue weighted by Crippen LogP contribution is -2.15. The highest BCUT2D eigenvalue weighted by Gasteiger charge is 2.14. The molecule has 146 valence electrons. The van der Waals surface area contributed by atoms with Gasteiger partial charge >= 0.3 is 0 Å². The van der Waals surface area contributed by atoms with Gasteiger partial charge < -0.3 is 15.2 Å². The molecule has 0 aliphatic rings. The Labute approximate surface area is 175 Å². The number of thiophene rings is 1. The first-order valence-corrected chi connectivity index (χ1v) is 10.5. The van der Waals surface area contributed by atoms with Crippen LogP contribution in [0.3, 0.4) is 0 Å². The molecule has 0 saturated heterocycles. The third-order valence-corrected chi connectivity index (χ3v) is 5.57. The zero-order valence-corrected chi connectivity index (χ0v) is 17.6. The minimum Gasteiger partial charge on any atom is -0.872 e. The van der Waals surface area contributed by atoms with E-state index in [1.54, 1.807) is 12.1 Å². The van der Waals surface area contributed by atoms with Crippen molar-refractivity contribution in [1.29, 1.82) is 0 Å². The van der Waals surface area contributed by atoms with E-state index in [0.29, 0.717) is 6.61 Å². The average molecular weight is 413 g/mol. The summed E-state index contributed by atoms with van der Waals surface area (Å²) in [6.45, 7) is 3.56. The van der Waals surface area contributed by atoms with Crippen molar-refractivity contribution in [2.75, 3.05) is 20.2 Å². The molecule has 1 N–H and O–H groups in total. The first kappa shape index (κ1) is 20.5. The van der Waals surface area contributed by atoms with Crippen molar-refractivity contribution in [3.63, 3.8) is 0 Å². The van der Waals surface area contributed by atoms with Crippen LogP contribution in [0.4, 0.5) is 0 Å². The Morgan fingerprint density at radius 1 is 1.04 bits per heavy atom. The lowest BCUT2D eigenvalue weighted by atomic mass is 9.89. The summed E-state index contributed by atoms with van der Waals surface area (Å²) >= 11 is 7.72. The second-order valence-corrected chi connectivity index (χ2v) is 7.89. The van der Waals surface area contributed by atoms with E-state index in [2.05, 4.69) is 29.8 Å². The maximum Gasteiger partial charge on any atom is 0.119 e. The van der Waals surface area contributed by atoms with Crippen molar-refractivity contribution in [2.24, 2.45) is 0 Å². The number of ether oxygens (including phenoxy) is 1. The van der Waals surface area contributed by atoms with E-state index in [1.807, 2.05) is 37.4 Å². The third-order valence-electron chi connectivity index (χ3n) is 4.48. The zero-order chi connectivity index (χ0) is 19.9. The monoisotopic (exact) mass is 412 g/mol. The number of halogens is 1. The van der Waals surface area contributed by atoms with Crippen LogP contribution in [-0.2, 0) is 0 Å². The first-order chi connectivity index (χ1) is 13.6. The van der Waals surface area contributed by atoms with Gasteiger partial charge in [0.15, 0.2) is 0 Å². The van der Waals surface area contributed by atoms with E-state index in [0.717, 1.165) is 45.3 Å². The Bertz CT molecular complexity index is 930. The average Bonchev–Trinajstić information content (AvgIpc) is 3.14. The van der Waals surface area contributed by atoms with Gasteiger partial charge in [0.25, 0.3) is 0 Å². The Morgan fingerprint density at radius 3 is 2.21 bits per heavy atom. The van der Waals surface area contributed by atoms with Gasteiger partial charge in [-0.3, -0.25) is 0 Å². The molecule has 3 aromatic rings. The molecule has 0 aliphatic carbocycles. The van der Waals surface area contributed by atoms with Gasteiger partial charge in [0, 0.05) is 6.54 Å². The predicted octanol–water partition coefficient (Wildman–Crippen LogP) is 5.44. The van der Waals surface area contributed by atoms with Crippen LogP contribution in [0.5, 0.6) is 11.5 Å². The highest BCUT2D eigenvalue weighted by molar-refractivity contribution is 7.14. The topological polar surface area (TPSA) is 44.3 Å². The van der Waals surface area contributed by atoms with Gasteiger partial charge in [-0.15, -0.1) is 17.1 Å².